The van der Waals surface area contributed by atoms with Crippen molar-refractivity contribution in [2.24, 2.45) is 0 Å². The van der Waals surface area contributed by atoms with Gasteiger partial charge in [0.05, 0.1) is 30.8 Å². The quantitative estimate of drug-likeness (QED) is 0.207. The zero-order valence-electron chi connectivity index (χ0n) is 33.7. The lowest BCUT2D eigenvalue weighted by Crippen LogP contribution is -2.56. The molecule has 0 aliphatic carbocycles. The van der Waals surface area contributed by atoms with Crippen molar-refractivity contribution in [2.45, 2.75) is 97.0 Å². The number of anilines is 2. The van der Waals surface area contributed by atoms with E-state index in [9.17, 15) is 14.9 Å². The summed E-state index contributed by atoms with van der Waals surface area (Å²) in [6, 6.07) is 4.43. The fourth-order valence-corrected chi connectivity index (χ4v) is 9.41. The third-order valence-corrected chi connectivity index (χ3v) is 11.7. The zero-order chi connectivity index (χ0) is 41.3. The fourth-order valence-electron chi connectivity index (χ4n) is 8.36. The second-order valence-electron chi connectivity index (χ2n) is 17.3. The number of carbonyl (C=O) groups excluding carboxylic acids is 2. The molecule has 0 spiro atoms. The van der Waals surface area contributed by atoms with Crippen LogP contribution in [0.5, 0.6) is 6.01 Å². The summed E-state index contributed by atoms with van der Waals surface area (Å²) in [7, 11) is 1.99. The molecule has 4 aliphatic rings. The normalized spacial score (nSPS) is 21.0. The van der Waals surface area contributed by atoms with Gasteiger partial charge in [-0.15, -0.1) is 11.3 Å². The number of piperazine rings is 1. The molecule has 2 amide bonds. The Labute approximate surface area is 338 Å². The number of amides is 2. The van der Waals surface area contributed by atoms with Gasteiger partial charge in [0.1, 0.15) is 52.1 Å². The van der Waals surface area contributed by atoms with Crippen LogP contribution in [0.2, 0.25) is 0 Å². The molecule has 2 aromatic carbocycles. The van der Waals surface area contributed by atoms with Crippen LogP contribution in [-0.2, 0) is 32.2 Å². The van der Waals surface area contributed by atoms with E-state index in [1.165, 1.54) is 12.1 Å². The Kier molecular flexibility index (Phi) is 10.4. The van der Waals surface area contributed by atoms with Crippen LogP contribution >= 0.6 is 11.3 Å². The van der Waals surface area contributed by atoms with Crippen LogP contribution in [0.15, 0.2) is 12.1 Å². The van der Waals surface area contributed by atoms with Gasteiger partial charge in [0.15, 0.2) is 5.82 Å². The van der Waals surface area contributed by atoms with E-state index < -0.39 is 35.0 Å². The van der Waals surface area contributed by atoms with Crippen molar-refractivity contribution in [3.63, 3.8) is 0 Å². The average molecular weight is 820 g/mol. The van der Waals surface area contributed by atoms with Crippen LogP contribution in [0.4, 0.5) is 29.2 Å². The van der Waals surface area contributed by atoms with Gasteiger partial charge in [-0.05, 0) is 84.7 Å². The number of likely N-dealkylation sites (N-methyl/N-ethyl adjacent to an activating group) is 1. The highest BCUT2D eigenvalue weighted by Gasteiger charge is 2.45. The number of fused-ring (bicyclic) bond motifs is 6. The van der Waals surface area contributed by atoms with Crippen molar-refractivity contribution >= 4 is 55.3 Å². The second-order valence-corrected chi connectivity index (χ2v) is 18.3. The van der Waals surface area contributed by atoms with E-state index in [0.29, 0.717) is 53.3 Å². The highest BCUT2D eigenvalue weighted by atomic mass is 32.1. The maximum Gasteiger partial charge on any atom is 0.412 e. The van der Waals surface area contributed by atoms with Gasteiger partial charge in [-0.2, -0.15) is 15.2 Å². The summed E-state index contributed by atoms with van der Waals surface area (Å²) in [4.78, 5) is 41.7. The predicted molar refractivity (Wildman–Crippen MR) is 213 cm³/mol. The topological polar surface area (TPSA) is 152 Å². The van der Waals surface area contributed by atoms with E-state index in [0.717, 1.165) is 30.7 Å². The third-order valence-electron chi connectivity index (χ3n) is 10.7. The number of thiophene rings is 1. The third kappa shape index (κ3) is 7.58. The van der Waals surface area contributed by atoms with Crippen LogP contribution in [0.1, 0.15) is 71.1 Å². The number of ether oxygens (including phenoxy) is 5. The molecule has 0 saturated carbocycles. The summed E-state index contributed by atoms with van der Waals surface area (Å²) in [5.41, 5.74) is -0.826. The number of morpholine rings is 1. The number of hydrogen-bond donors (Lipinski definition) is 1. The Morgan fingerprint density at radius 3 is 2.36 bits per heavy atom. The van der Waals surface area contributed by atoms with Gasteiger partial charge >= 0.3 is 18.2 Å². The first-order valence-corrected chi connectivity index (χ1v) is 20.3. The molecular weight excluding hydrogens is 773 g/mol. The van der Waals surface area contributed by atoms with E-state index in [2.05, 4.69) is 26.2 Å². The molecule has 6 heterocycles. The SMILES string of the molecule is CN1CCO[C@@H](COc2nc(N3C4CCC3CN(C(=O)OC(C)(C)C)C4)c3c4c(c(-c5c(F)ccc6sc(NC(=O)OC(C)(C)C)c(C#N)c56)c(F)c3n2)COC4)C1. The first-order chi connectivity index (χ1) is 27.5. The largest absolute Gasteiger partial charge is 0.461 e. The van der Waals surface area contributed by atoms with Crippen molar-refractivity contribution in [3.8, 4) is 23.2 Å². The number of carbonyl (C=O) groups is 2. The first kappa shape index (κ1) is 39.9. The molecule has 3 atom stereocenters. The van der Waals surface area contributed by atoms with Crippen LogP contribution in [0.25, 0.3) is 32.1 Å². The van der Waals surface area contributed by atoms with Crippen molar-refractivity contribution in [3.05, 3.63) is 40.5 Å². The smallest absolute Gasteiger partial charge is 0.412 e. The number of nitriles is 1. The van der Waals surface area contributed by atoms with Crippen LogP contribution < -0.4 is 15.0 Å². The van der Waals surface area contributed by atoms with Gasteiger partial charge in [0, 0.05) is 59.5 Å². The Bertz CT molecular complexity index is 2340. The maximum atomic E-state index is 17.8. The molecule has 4 aliphatic heterocycles. The number of nitrogens with zero attached hydrogens (tertiary/aromatic N) is 6. The Morgan fingerprint density at radius 2 is 1.69 bits per heavy atom. The number of rotatable bonds is 6. The lowest BCUT2D eigenvalue weighted by molar-refractivity contribution is -0.0416. The molecule has 1 N–H and O–H groups in total. The predicted octanol–water partition coefficient (Wildman–Crippen LogP) is 7.34. The van der Waals surface area contributed by atoms with Crippen LogP contribution in [0.3, 0.4) is 0 Å². The Balaban J connectivity index is 1.28. The molecule has 308 valence electrons. The highest BCUT2D eigenvalue weighted by molar-refractivity contribution is 7.23. The molecule has 17 heteroatoms. The lowest BCUT2D eigenvalue weighted by Gasteiger charge is -2.42. The fraction of sp³-hybridized carbons (Fsp3) is 0.537. The van der Waals surface area contributed by atoms with Gasteiger partial charge in [0.25, 0.3) is 0 Å². The highest BCUT2D eigenvalue weighted by Crippen LogP contribution is 2.49. The molecule has 14 nitrogen and oxygen atoms in total. The van der Waals surface area contributed by atoms with E-state index in [4.69, 9.17) is 28.7 Å². The van der Waals surface area contributed by atoms with Gasteiger partial charge in [-0.1, -0.05) is 0 Å². The molecule has 2 bridgehead atoms. The lowest BCUT2D eigenvalue weighted by atomic mass is 9.90. The van der Waals surface area contributed by atoms with Crippen molar-refractivity contribution in [2.75, 3.05) is 56.7 Å². The Hall–Kier alpha value is -4.89. The monoisotopic (exact) mass is 819 g/mol. The minimum Gasteiger partial charge on any atom is -0.461 e. The molecule has 58 heavy (non-hydrogen) atoms. The molecule has 3 fully saturated rings. The number of likely N-dealkylation sites (tertiary alicyclic amines) is 1. The first-order valence-electron chi connectivity index (χ1n) is 19.5. The van der Waals surface area contributed by atoms with E-state index in [-0.39, 0.29) is 76.6 Å². The maximum absolute atomic E-state index is 17.8. The second kappa shape index (κ2) is 15.0. The van der Waals surface area contributed by atoms with Gasteiger partial charge in [-0.3, -0.25) is 5.32 Å². The number of aromatic nitrogens is 2. The van der Waals surface area contributed by atoms with E-state index in [1.54, 1.807) is 25.7 Å². The molecule has 8 rings (SSSR count). The summed E-state index contributed by atoms with van der Waals surface area (Å²) in [6.07, 6.45) is 0.0622. The summed E-state index contributed by atoms with van der Waals surface area (Å²) in [5.74, 6) is -1.15. The van der Waals surface area contributed by atoms with Crippen molar-refractivity contribution in [1.82, 2.24) is 19.8 Å². The summed E-state index contributed by atoms with van der Waals surface area (Å²) >= 11 is 1.06. The van der Waals surface area contributed by atoms with E-state index in [1.807, 2.05) is 27.8 Å². The molecular formula is C41H47F2N7O7S. The standard InChI is InChI=1S/C41H47F2N7O7S/c1-40(2,3)56-38(51)47-36-24(14-44)29-28(58-36)11-10-27(42)32(29)30-25-19-53-20-26(25)31-34(33(30)43)45-37(55-18-23-17-48(7)12-13-54-23)46-35(31)50-21-8-9-22(50)16-49(15-21)39(52)57-41(4,5)6/h10-11,21-23H,8-9,12-13,15-20H2,1-7H3,(H,47,51)/t21?,22?,23-/m1/s1. The number of benzene rings is 2. The van der Waals surface area contributed by atoms with Crippen LogP contribution in [-0.4, -0.2) is 108 Å². The van der Waals surface area contributed by atoms with Gasteiger partial charge in [0.2, 0.25) is 0 Å². The van der Waals surface area contributed by atoms with E-state index >= 15 is 8.78 Å². The minimum absolute atomic E-state index is 0.0307. The summed E-state index contributed by atoms with van der Waals surface area (Å²) in [6.45, 7) is 13.5. The van der Waals surface area contributed by atoms with Gasteiger partial charge < -0.3 is 38.4 Å². The molecule has 4 aromatic rings. The Morgan fingerprint density at radius 1 is 0.983 bits per heavy atom. The number of hydrogen-bond acceptors (Lipinski definition) is 13. The zero-order valence-corrected chi connectivity index (χ0v) is 34.5. The van der Waals surface area contributed by atoms with Crippen molar-refractivity contribution < 1.29 is 42.1 Å². The molecule has 2 aromatic heterocycles. The molecule has 2 unspecified atom stereocenters. The van der Waals surface area contributed by atoms with Gasteiger partial charge in [-0.25, -0.2) is 18.4 Å². The number of nitrogens with one attached hydrogen (secondary N) is 1. The molecule has 3 saturated heterocycles. The molecule has 0 radical (unpaired) electrons. The summed E-state index contributed by atoms with van der Waals surface area (Å²) < 4.78 is 64.0. The summed E-state index contributed by atoms with van der Waals surface area (Å²) in [5, 5.41) is 13.8. The average Bonchev–Trinajstić information content (AvgIpc) is 3.83. The minimum atomic E-state index is -0.829. The number of halogens is 2. The van der Waals surface area contributed by atoms with Crippen molar-refractivity contribution in [1.29, 1.82) is 5.26 Å². The van der Waals surface area contributed by atoms with Crippen LogP contribution in [0, 0.1) is 23.0 Å².